The smallest absolute Gasteiger partial charge is 0.312 e. The van der Waals surface area contributed by atoms with E-state index in [-0.39, 0.29) is 30.1 Å². The molecule has 0 heterocycles. The number of unbranched alkanes of at least 4 members (excludes halogenated alkanes) is 2. The van der Waals surface area contributed by atoms with Crippen molar-refractivity contribution in [3.05, 3.63) is 0 Å². The molecule has 0 fully saturated rings. The van der Waals surface area contributed by atoms with Crippen LogP contribution in [0, 0.1) is 5.92 Å². The monoisotopic (exact) mass is 575 g/mol. The van der Waals surface area contributed by atoms with Crippen molar-refractivity contribution in [3.8, 4) is 0 Å². The van der Waals surface area contributed by atoms with Crippen LogP contribution in [0.15, 0.2) is 0 Å². The summed E-state index contributed by atoms with van der Waals surface area (Å²) in [6.07, 6.45) is 6.31. The minimum absolute atomic E-state index is 0.0614. The summed E-state index contributed by atoms with van der Waals surface area (Å²) < 4.78 is 0. The molecule has 1 atom stereocenters. The molecule has 0 saturated carbocycles. The zero-order chi connectivity index (χ0) is 32.4. The summed E-state index contributed by atoms with van der Waals surface area (Å²) in [5.74, 6) is -0.732. The minimum Gasteiger partial charge on any atom is -0.356 e. The highest BCUT2D eigenvalue weighted by Gasteiger charge is 2.17. The predicted molar refractivity (Wildman–Crippen MR) is 168 cm³/mol. The second kappa shape index (κ2) is 38.5. The molecule has 10 nitrogen and oxygen atoms in total. The molecule has 5 amide bonds. The van der Waals surface area contributed by atoms with Gasteiger partial charge in [-0.15, -0.1) is 0 Å². The van der Waals surface area contributed by atoms with Gasteiger partial charge in [0.15, 0.2) is 5.78 Å². The summed E-state index contributed by atoms with van der Waals surface area (Å²) in [7, 11) is 0. The maximum Gasteiger partial charge on any atom is 0.312 e. The van der Waals surface area contributed by atoms with Crippen LogP contribution >= 0.6 is 0 Å². The van der Waals surface area contributed by atoms with Crippen LogP contribution in [0.5, 0.6) is 0 Å². The van der Waals surface area contributed by atoms with Gasteiger partial charge in [0, 0.05) is 25.4 Å². The Balaban J connectivity index is -0.000000404. The molecule has 0 aliphatic heterocycles. The van der Waals surface area contributed by atoms with E-state index in [2.05, 4.69) is 35.1 Å². The number of carbonyl (C=O) groups is 5. The molecule has 0 spiro atoms. The van der Waals surface area contributed by atoms with Gasteiger partial charge in [0.25, 0.3) is 0 Å². The number of carbonyl (C=O) groups excluding carboxylic acids is 5. The van der Waals surface area contributed by atoms with Crippen LogP contribution in [0.4, 0.5) is 4.79 Å². The lowest BCUT2D eigenvalue weighted by Crippen LogP contribution is -2.45. The maximum absolute atomic E-state index is 12.0. The molecular weight excluding hydrogens is 510 g/mol. The van der Waals surface area contributed by atoms with Gasteiger partial charge in [-0.05, 0) is 45.4 Å². The Bertz CT molecular complexity index is 611. The summed E-state index contributed by atoms with van der Waals surface area (Å²) in [5.41, 5.74) is 4.97. The lowest BCUT2D eigenvalue weighted by atomic mass is 10.0. The maximum atomic E-state index is 12.0. The van der Waals surface area contributed by atoms with E-state index in [1.54, 1.807) is 0 Å². The van der Waals surface area contributed by atoms with E-state index >= 15 is 0 Å². The number of ketones is 1. The molecule has 40 heavy (non-hydrogen) atoms. The van der Waals surface area contributed by atoms with Gasteiger partial charge in [-0.25, -0.2) is 4.79 Å². The first-order valence-electron chi connectivity index (χ1n) is 15.5. The number of amides is 5. The zero-order valence-corrected chi connectivity index (χ0v) is 27.8. The fourth-order valence-corrected chi connectivity index (χ4v) is 3.01. The number of nitrogens with one attached hydrogen (secondary N) is 4. The van der Waals surface area contributed by atoms with Crippen LogP contribution in [0.3, 0.4) is 0 Å². The number of Topliss-reactive ketones (excluding diaryl/α,β-unsaturated/α-hetero) is 1. The van der Waals surface area contributed by atoms with Gasteiger partial charge in [-0.2, -0.15) is 0 Å². The third kappa shape index (κ3) is 35.4. The number of hydrogen-bond donors (Lipinski definition) is 5. The first-order chi connectivity index (χ1) is 19.1. The van der Waals surface area contributed by atoms with Crippen LogP contribution in [-0.4, -0.2) is 55.2 Å². The van der Waals surface area contributed by atoms with Crippen LogP contribution in [0.2, 0.25) is 0 Å². The van der Waals surface area contributed by atoms with Crippen molar-refractivity contribution >= 4 is 29.5 Å². The molecule has 0 aromatic carbocycles. The van der Waals surface area contributed by atoms with Gasteiger partial charge in [-0.1, -0.05) is 82.1 Å². The highest BCUT2D eigenvalue weighted by Crippen LogP contribution is 2.07. The van der Waals surface area contributed by atoms with E-state index in [0.717, 1.165) is 25.7 Å². The van der Waals surface area contributed by atoms with Crippen molar-refractivity contribution in [1.82, 2.24) is 21.3 Å². The minimum atomic E-state index is -0.672. The van der Waals surface area contributed by atoms with Crippen LogP contribution in [0.25, 0.3) is 0 Å². The van der Waals surface area contributed by atoms with Gasteiger partial charge in [0.1, 0.15) is 0 Å². The Hall–Kier alpha value is -2.65. The Kier molecular flexibility index (Phi) is 45.4. The summed E-state index contributed by atoms with van der Waals surface area (Å²) >= 11 is 0. The van der Waals surface area contributed by atoms with E-state index in [1.807, 2.05) is 55.4 Å². The standard InChI is InChI=1S/C21H39N5O5.C3H8.3C2H6/c1-4-16(5-2)20(30)23-12-8-6-7-11-18(28)25-14-19(29)26-17(15(3)27)10-9-13-24-21(22)31;1-3-2;3*1-2/h16-17H,4-14H2,1-3H3,(H,23,30)(H,25,28)(H,26,29)(H3,22,24,31);3H2,1-2H3;3*1-2H3. The normalized spacial score (nSPS) is 9.80. The number of nitrogens with two attached hydrogens (primary N) is 1. The molecule has 0 saturated heterocycles. The predicted octanol–water partition coefficient (Wildman–Crippen LogP) is 5.23. The second-order valence-electron chi connectivity index (χ2n) is 8.26. The molecular formula is C30H65N5O5. The van der Waals surface area contributed by atoms with Gasteiger partial charge >= 0.3 is 6.03 Å². The number of primary amides is 1. The van der Waals surface area contributed by atoms with Crippen LogP contribution in [0.1, 0.15) is 134 Å². The molecule has 0 radical (unpaired) electrons. The molecule has 1 unspecified atom stereocenters. The molecule has 6 N–H and O–H groups in total. The van der Waals surface area contributed by atoms with E-state index in [9.17, 15) is 24.0 Å². The second-order valence-corrected chi connectivity index (χ2v) is 8.26. The highest BCUT2D eigenvalue weighted by molar-refractivity contribution is 5.90. The van der Waals surface area contributed by atoms with Crippen LogP contribution < -0.4 is 27.0 Å². The average molecular weight is 576 g/mol. The first kappa shape index (κ1) is 47.2. The van der Waals surface area contributed by atoms with Crippen molar-refractivity contribution in [3.63, 3.8) is 0 Å². The molecule has 0 aliphatic rings. The van der Waals surface area contributed by atoms with Gasteiger partial charge < -0.3 is 27.0 Å². The van der Waals surface area contributed by atoms with Gasteiger partial charge in [0.2, 0.25) is 17.7 Å². The Morgan fingerprint density at radius 1 is 0.675 bits per heavy atom. The molecule has 0 aliphatic carbocycles. The molecule has 0 rings (SSSR count). The quantitative estimate of drug-likeness (QED) is 0.150. The van der Waals surface area contributed by atoms with Crippen molar-refractivity contribution in [2.24, 2.45) is 11.7 Å². The van der Waals surface area contributed by atoms with Crippen molar-refractivity contribution in [2.75, 3.05) is 19.6 Å². The zero-order valence-electron chi connectivity index (χ0n) is 27.8. The van der Waals surface area contributed by atoms with Crippen molar-refractivity contribution < 1.29 is 24.0 Å². The highest BCUT2D eigenvalue weighted by atomic mass is 16.2. The fraction of sp³-hybridized carbons (Fsp3) is 0.833. The number of rotatable bonds is 17. The van der Waals surface area contributed by atoms with E-state index in [0.29, 0.717) is 38.8 Å². The molecule has 0 aromatic heterocycles. The Morgan fingerprint density at radius 2 is 1.18 bits per heavy atom. The third-order valence-electron chi connectivity index (χ3n) is 4.98. The molecule has 0 bridgehead atoms. The van der Waals surface area contributed by atoms with E-state index in [1.165, 1.54) is 13.3 Å². The average Bonchev–Trinajstić information content (AvgIpc) is 2.95. The summed E-state index contributed by atoms with van der Waals surface area (Å²) in [6.45, 7) is 22.3. The van der Waals surface area contributed by atoms with Crippen LogP contribution in [-0.2, 0) is 19.2 Å². The van der Waals surface area contributed by atoms with E-state index < -0.39 is 18.0 Å². The molecule has 10 heteroatoms. The Labute approximate surface area is 246 Å². The van der Waals surface area contributed by atoms with Gasteiger partial charge in [-0.3, -0.25) is 19.2 Å². The lowest BCUT2D eigenvalue weighted by Gasteiger charge is -2.16. The molecule has 0 aromatic rings. The van der Waals surface area contributed by atoms with Crippen molar-refractivity contribution in [2.45, 2.75) is 140 Å². The third-order valence-corrected chi connectivity index (χ3v) is 4.98. The fourth-order valence-electron chi connectivity index (χ4n) is 3.01. The number of urea groups is 1. The lowest BCUT2D eigenvalue weighted by molar-refractivity contribution is -0.128. The van der Waals surface area contributed by atoms with Gasteiger partial charge in [0.05, 0.1) is 12.6 Å². The number of hydrogen-bond acceptors (Lipinski definition) is 5. The summed E-state index contributed by atoms with van der Waals surface area (Å²) in [6, 6.07) is -1.31. The summed E-state index contributed by atoms with van der Waals surface area (Å²) in [5, 5.41) is 10.5. The summed E-state index contributed by atoms with van der Waals surface area (Å²) in [4.78, 5) is 58.0. The first-order valence-corrected chi connectivity index (χ1v) is 15.5. The Morgan fingerprint density at radius 3 is 1.62 bits per heavy atom. The SMILES string of the molecule is CC.CC.CC.CCC.CCC(CC)C(=O)NCCCCCC(=O)NCC(=O)NC(CCCNC(N)=O)C(C)=O. The molecule has 240 valence electrons. The topological polar surface area (TPSA) is 159 Å². The van der Waals surface area contributed by atoms with Crippen molar-refractivity contribution in [1.29, 1.82) is 0 Å². The van der Waals surface area contributed by atoms with E-state index in [4.69, 9.17) is 5.73 Å². The largest absolute Gasteiger partial charge is 0.356 e.